The van der Waals surface area contributed by atoms with Crippen LogP contribution in [0, 0.1) is 17.0 Å². The number of anilines is 2. The maximum atomic E-state index is 12.7. The number of aryl methyl sites for hydroxylation is 1. The second-order valence-electron chi connectivity index (χ2n) is 9.28. The normalized spacial score (nSPS) is 20.4. The molecular formula is C26H34N4O5. The second-order valence-corrected chi connectivity index (χ2v) is 9.28. The summed E-state index contributed by atoms with van der Waals surface area (Å²) in [5.41, 5.74) is 3.21. The molecule has 1 amide bonds. The van der Waals surface area contributed by atoms with Crippen molar-refractivity contribution < 1.29 is 19.2 Å². The van der Waals surface area contributed by atoms with Gasteiger partial charge in [-0.2, -0.15) is 0 Å². The molecule has 9 heteroatoms. The summed E-state index contributed by atoms with van der Waals surface area (Å²) in [6, 6.07) is 13.6. The van der Waals surface area contributed by atoms with Crippen LogP contribution in [0.25, 0.3) is 0 Å². The summed E-state index contributed by atoms with van der Waals surface area (Å²) in [4.78, 5) is 27.5. The van der Waals surface area contributed by atoms with Gasteiger partial charge in [-0.1, -0.05) is 17.7 Å². The van der Waals surface area contributed by atoms with E-state index in [4.69, 9.17) is 9.47 Å². The third-order valence-corrected chi connectivity index (χ3v) is 6.90. The standard InChI is InChI=1S/C26H34N4O5/c1-19-3-8-22(9-4-19)28-13-15-29(16-14-28)26(31)18-35-23-10-5-20(6-11-23)27-21-7-12-24(30(32)33)25(17-21)34-2/h3-4,7-9,12,17,20,23,27H,5-6,10-11,13-16,18H2,1-2H3. The molecule has 0 unspecified atom stereocenters. The molecule has 0 atom stereocenters. The Morgan fingerprint density at radius 1 is 1.06 bits per heavy atom. The zero-order valence-electron chi connectivity index (χ0n) is 20.4. The van der Waals surface area contributed by atoms with E-state index in [0.717, 1.165) is 44.5 Å². The first-order valence-corrected chi connectivity index (χ1v) is 12.2. The molecule has 1 saturated carbocycles. The van der Waals surface area contributed by atoms with E-state index in [1.807, 2.05) is 4.90 Å². The molecule has 2 aromatic rings. The number of carbonyl (C=O) groups is 1. The number of ether oxygens (including phenoxy) is 2. The van der Waals surface area contributed by atoms with Gasteiger partial charge in [0.05, 0.1) is 18.1 Å². The number of rotatable bonds is 8. The molecule has 2 aromatic carbocycles. The highest BCUT2D eigenvalue weighted by atomic mass is 16.6. The summed E-state index contributed by atoms with van der Waals surface area (Å²) < 4.78 is 11.1. The SMILES string of the molecule is COc1cc(NC2CCC(OCC(=O)N3CCN(c4ccc(C)cc4)CC3)CC2)ccc1[N+](=O)[O-]. The van der Waals surface area contributed by atoms with E-state index in [1.54, 1.807) is 12.1 Å². The Bertz CT molecular complexity index is 1010. The van der Waals surface area contributed by atoms with E-state index < -0.39 is 4.92 Å². The third kappa shape index (κ3) is 6.42. The minimum atomic E-state index is -0.448. The van der Waals surface area contributed by atoms with Gasteiger partial charge in [0.25, 0.3) is 0 Å². The molecule has 9 nitrogen and oxygen atoms in total. The number of benzene rings is 2. The van der Waals surface area contributed by atoms with Crippen molar-refractivity contribution in [2.75, 3.05) is 50.1 Å². The lowest BCUT2D eigenvalue weighted by Crippen LogP contribution is -2.50. The molecule has 35 heavy (non-hydrogen) atoms. The first-order valence-electron chi connectivity index (χ1n) is 12.2. The fourth-order valence-electron chi connectivity index (χ4n) is 4.78. The molecular weight excluding hydrogens is 448 g/mol. The Morgan fingerprint density at radius 2 is 1.74 bits per heavy atom. The predicted molar refractivity (Wildman–Crippen MR) is 135 cm³/mol. The Kier molecular flexibility index (Phi) is 8.07. The topological polar surface area (TPSA) is 97.2 Å². The van der Waals surface area contributed by atoms with Crippen molar-refractivity contribution in [3.8, 4) is 5.75 Å². The molecule has 1 saturated heterocycles. The summed E-state index contributed by atoms with van der Waals surface area (Å²) in [5, 5.41) is 14.5. The Hall–Kier alpha value is -3.33. The Morgan fingerprint density at radius 3 is 2.37 bits per heavy atom. The molecule has 0 spiro atoms. The fraction of sp³-hybridized carbons (Fsp3) is 0.500. The van der Waals surface area contributed by atoms with Gasteiger partial charge in [0.2, 0.25) is 5.91 Å². The minimum Gasteiger partial charge on any atom is -0.490 e. The van der Waals surface area contributed by atoms with E-state index in [-0.39, 0.29) is 36.1 Å². The van der Waals surface area contributed by atoms with Gasteiger partial charge in [-0.05, 0) is 50.8 Å². The third-order valence-electron chi connectivity index (χ3n) is 6.90. The number of nitro groups is 1. The molecule has 188 valence electrons. The number of carbonyl (C=O) groups excluding carboxylic acids is 1. The van der Waals surface area contributed by atoms with Crippen molar-refractivity contribution in [1.82, 2.24) is 4.90 Å². The smallest absolute Gasteiger partial charge is 0.311 e. The summed E-state index contributed by atoms with van der Waals surface area (Å²) in [7, 11) is 1.43. The molecule has 0 bridgehead atoms. The maximum Gasteiger partial charge on any atom is 0.311 e. The molecule has 1 heterocycles. The van der Waals surface area contributed by atoms with E-state index in [9.17, 15) is 14.9 Å². The van der Waals surface area contributed by atoms with Crippen LogP contribution < -0.4 is 15.0 Å². The first kappa shape index (κ1) is 24.8. The van der Waals surface area contributed by atoms with E-state index in [0.29, 0.717) is 13.1 Å². The number of amides is 1. The minimum absolute atomic E-state index is 0.0450. The van der Waals surface area contributed by atoms with Crippen LogP contribution >= 0.6 is 0 Å². The van der Waals surface area contributed by atoms with E-state index >= 15 is 0 Å². The number of hydrogen-bond donors (Lipinski definition) is 1. The molecule has 0 aromatic heterocycles. The summed E-state index contributed by atoms with van der Waals surface area (Å²) in [6.45, 7) is 5.31. The molecule has 1 aliphatic heterocycles. The summed E-state index contributed by atoms with van der Waals surface area (Å²) in [6.07, 6.45) is 3.64. The van der Waals surface area contributed by atoms with Gasteiger partial charge in [-0.15, -0.1) is 0 Å². The number of piperazine rings is 1. The fourth-order valence-corrected chi connectivity index (χ4v) is 4.78. The number of hydrogen-bond acceptors (Lipinski definition) is 7. The van der Waals surface area contributed by atoms with E-state index in [1.165, 1.54) is 24.4 Å². The molecule has 1 N–H and O–H groups in total. The predicted octanol–water partition coefficient (Wildman–Crippen LogP) is 4.00. The quantitative estimate of drug-likeness (QED) is 0.449. The summed E-state index contributed by atoms with van der Waals surface area (Å²) in [5.74, 6) is 0.307. The average molecular weight is 483 g/mol. The van der Waals surface area contributed by atoms with Gasteiger partial charge in [-0.3, -0.25) is 14.9 Å². The van der Waals surface area contributed by atoms with Crippen LogP contribution in [0.2, 0.25) is 0 Å². The number of nitro benzene ring substituents is 1. The van der Waals surface area contributed by atoms with Gasteiger partial charge in [-0.25, -0.2) is 0 Å². The van der Waals surface area contributed by atoms with E-state index in [2.05, 4.69) is 41.4 Å². The Balaban J connectivity index is 1.17. The number of methoxy groups -OCH3 is 1. The lowest BCUT2D eigenvalue weighted by molar-refractivity contribution is -0.385. The lowest BCUT2D eigenvalue weighted by atomic mass is 9.92. The summed E-state index contributed by atoms with van der Waals surface area (Å²) >= 11 is 0. The zero-order valence-corrected chi connectivity index (χ0v) is 20.4. The maximum absolute atomic E-state index is 12.7. The largest absolute Gasteiger partial charge is 0.490 e. The molecule has 1 aliphatic carbocycles. The van der Waals surface area contributed by atoms with Crippen LogP contribution in [0.3, 0.4) is 0 Å². The number of nitrogens with one attached hydrogen (secondary N) is 1. The zero-order chi connectivity index (χ0) is 24.8. The van der Waals surface area contributed by atoms with Crippen LogP contribution in [0.4, 0.5) is 17.1 Å². The molecule has 2 aliphatic rings. The first-order chi connectivity index (χ1) is 16.9. The van der Waals surface area contributed by atoms with Crippen molar-refractivity contribution in [2.24, 2.45) is 0 Å². The van der Waals surface area contributed by atoms with Crippen molar-refractivity contribution >= 4 is 23.0 Å². The highest BCUT2D eigenvalue weighted by Crippen LogP contribution is 2.31. The average Bonchev–Trinajstić information content (AvgIpc) is 2.88. The van der Waals surface area contributed by atoms with Gasteiger partial charge >= 0.3 is 5.69 Å². The highest BCUT2D eigenvalue weighted by molar-refractivity contribution is 5.77. The van der Waals surface area contributed by atoms with Crippen molar-refractivity contribution in [3.05, 3.63) is 58.1 Å². The van der Waals surface area contributed by atoms with Gasteiger partial charge in [0.1, 0.15) is 6.61 Å². The van der Waals surface area contributed by atoms with Gasteiger partial charge < -0.3 is 24.6 Å². The van der Waals surface area contributed by atoms with Crippen LogP contribution in [0.15, 0.2) is 42.5 Å². The second kappa shape index (κ2) is 11.4. The highest BCUT2D eigenvalue weighted by Gasteiger charge is 2.26. The van der Waals surface area contributed by atoms with Crippen molar-refractivity contribution in [2.45, 2.75) is 44.8 Å². The monoisotopic (exact) mass is 482 g/mol. The molecule has 0 radical (unpaired) electrons. The van der Waals surface area contributed by atoms with Crippen LogP contribution in [-0.4, -0.2) is 67.8 Å². The number of nitrogens with zero attached hydrogens (tertiary/aromatic N) is 3. The van der Waals surface area contributed by atoms with Gasteiger partial charge in [0.15, 0.2) is 5.75 Å². The van der Waals surface area contributed by atoms with Crippen molar-refractivity contribution in [1.29, 1.82) is 0 Å². The van der Waals surface area contributed by atoms with Crippen LogP contribution in [-0.2, 0) is 9.53 Å². The lowest BCUT2D eigenvalue weighted by Gasteiger charge is -2.36. The Labute approximate surface area is 206 Å². The van der Waals surface area contributed by atoms with Gasteiger partial charge in [0, 0.05) is 55.7 Å². The van der Waals surface area contributed by atoms with Crippen LogP contribution in [0.1, 0.15) is 31.2 Å². The molecule has 2 fully saturated rings. The van der Waals surface area contributed by atoms with Crippen molar-refractivity contribution in [3.63, 3.8) is 0 Å². The molecule has 4 rings (SSSR count). The van der Waals surface area contributed by atoms with Crippen LogP contribution in [0.5, 0.6) is 5.75 Å².